The van der Waals surface area contributed by atoms with E-state index in [2.05, 4.69) is 22.2 Å². The molecule has 3 fully saturated rings. The number of piperazine rings is 1. The number of likely N-dealkylation sites (tertiary alicyclic amines) is 1. The summed E-state index contributed by atoms with van der Waals surface area (Å²) >= 11 is 0. The normalized spacial score (nSPS) is 22.2. The maximum atomic E-state index is 14.5. The number of nitrogens with zero attached hydrogens (tertiary/aromatic N) is 4. The highest BCUT2D eigenvalue weighted by Crippen LogP contribution is 2.38. The van der Waals surface area contributed by atoms with Crippen LogP contribution in [-0.2, 0) is 16.1 Å². The smallest absolute Gasteiger partial charge is 0.246 e. The summed E-state index contributed by atoms with van der Waals surface area (Å²) in [6.07, 6.45) is 7.38. The van der Waals surface area contributed by atoms with E-state index in [1.807, 2.05) is 18.7 Å². The lowest BCUT2D eigenvalue weighted by Gasteiger charge is -2.52. The number of amides is 2. The quantitative estimate of drug-likeness (QED) is 0.453. The number of piperidine rings is 1. The number of aryl methyl sites for hydroxylation is 1. The third-order valence-corrected chi connectivity index (χ3v) is 9.56. The van der Waals surface area contributed by atoms with Crippen molar-refractivity contribution in [2.75, 3.05) is 19.6 Å². The highest BCUT2D eigenvalue weighted by atomic mass is 35.5. The molecule has 232 valence electrons. The van der Waals surface area contributed by atoms with E-state index in [1.54, 1.807) is 0 Å². The zero-order chi connectivity index (χ0) is 29.4. The monoisotopic (exact) mass is 607 g/mol. The molecule has 2 N–H and O–H groups in total. The fourth-order valence-corrected chi connectivity index (χ4v) is 7.04. The van der Waals surface area contributed by atoms with Crippen LogP contribution in [0.15, 0.2) is 18.2 Å². The Morgan fingerprint density at radius 3 is 2.40 bits per heavy atom. The summed E-state index contributed by atoms with van der Waals surface area (Å²) in [5.41, 5.74) is 0.939. The van der Waals surface area contributed by atoms with Crippen LogP contribution in [0.1, 0.15) is 88.1 Å². The van der Waals surface area contributed by atoms with Gasteiger partial charge < -0.3 is 15.3 Å². The number of carbonyl (C=O) groups is 2. The van der Waals surface area contributed by atoms with E-state index < -0.39 is 28.8 Å². The number of hydrogen-bond donors (Lipinski definition) is 2. The average Bonchev–Trinajstić information content (AvgIpc) is 3.21. The molecule has 0 bridgehead atoms. The molecule has 1 spiro atoms. The molecular weight excluding hydrogens is 564 g/mol. The zero-order valence-corrected chi connectivity index (χ0v) is 25.7. The molecule has 0 radical (unpaired) electrons. The predicted octanol–water partition coefficient (Wildman–Crippen LogP) is 4.74. The lowest BCUT2D eigenvalue weighted by molar-refractivity contribution is -0.163. The molecule has 11 heteroatoms. The van der Waals surface area contributed by atoms with Crippen molar-refractivity contribution in [3.63, 3.8) is 0 Å². The number of aromatic nitrogens is 2. The molecule has 3 heterocycles. The Morgan fingerprint density at radius 2 is 1.76 bits per heavy atom. The van der Waals surface area contributed by atoms with Crippen LogP contribution >= 0.6 is 12.4 Å². The van der Waals surface area contributed by atoms with Crippen molar-refractivity contribution in [3.05, 3.63) is 46.8 Å². The molecule has 1 aromatic carbocycles. The van der Waals surface area contributed by atoms with Gasteiger partial charge in [0.2, 0.25) is 11.8 Å². The zero-order valence-electron chi connectivity index (χ0n) is 24.9. The lowest BCUT2D eigenvalue weighted by atomic mass is 9.77. The van der Waals surface area contributed by atoms with Crippen LogP contribution < -0.4 is 5.32 Å². The molecule has 1 atom stereocenters. The molecule has 2 saturated heterocycles. The molecule has 5 rings (SSSR count). The molecule has 2 aliphatic heterocycles. The van der Waals surface area contributed by atoms with E-state index in [-0.39, 0.29) is 36.3 Å². The molecule has 2 amide bonds. The Morgan fingerprint density at radius 1 is 1.07 bits per heavy atom. The maximum absolute atomic E-state index is 14.5. The SMILES string of the molecule is CCCCN1C(=O)[C@@H](CC2(O)CCCCC2)NC(=O)C12CCN(Cc1c(C)nn(-c3ccc(F)cc3F)c1C)CC2.Cl. The first-order valence-electron chi connectivity index (χ1n) is 15.1. The second-order valence-corrected chi connectivity index (χ2v) is 12.3. The highest BCUT2D eigenvalue weighted by molar-refractivity contribution is 6.00. The molecule has 3 aliphatic rings. The first-order chi connectivity index (χ1) is 19.6. The van der Waals surface area contributed by atoms with Crippen LogP contribution in [0.4, 0.5) is 8.78 Å². The second kappa shape index (κ2) is 13.0. The number of hydrogen-bond acceptors (Lipinski definition) is 5. The van der Waals surface area contributed by atoms with Gasteiger partial charge in [0, 0.05) is 49.9 Å². The summed E-state index contributed by atoms with van der Waals surface area (Å²) in [5.74, 6) is -1.48. The number of carbonyl (C=O) groups excluding carboxylic acids is 2. The van der Waals surface area contributed by atoms with Crippen molar-refractivity contribution in [1.29, 1.82) is 0 Å². The van der Waals surface area contributed by atoms with Gasteiger partial charge in [0.25, 0.3) is 0 Å². The minimum Gasteiger partial charge on any atom is -0.390 e. The van der Waals surface area contributed by atoms with Gasteiger partial charge in [-0.05, 0) is 58.1 Å². The number of halogens is 3. The number of benzene rings is 1. The largest absolute Gasteiger partial charge is 0.390 e. The predicted molar refractivity (Wildman–Crippen MR) is 159 cm³/mol. The Labute approximate surface area is 253 Å². The highest BCUT2D eigenvalue weighted by Gasteiger charge is 2.54. The maximum Gasteiger partial charge on any atom is 0.246 e. The van der Waals surface area contributed by atoms with E-state index in [1.165, 1.54) is 16.8 Å². The summed E-state index contributed by atoms with van der Waals surface area (Å²) in [4.78, 5) is 31.7. The molecule has 2 aromatic rings. The van der Waals surface area contributed by atoms with Crippen LogP contribution in [0.2, 0.25) is 0 Å². The summed E-state index contributed by atoms with van der Waals surface area (Å²) in [7, 11) is 0. The van der Waals surface area contributed by atoms with Gasteiger partial charge in [-0.25, -0.2) is 13.5 Å². The summed E-state index contributed by atoms with van der Waals surface area (Å²) in [5, 5.41) is 18.7. The van der Waals surface area contributed by atoms with Gasteiger partial charge in [-0.3, -0.25) is 14.5 Å². The second-order valence-electron chi connectivity index (χ2n) is 12.3. The molecular formula is C31H44ClF2N5O3. The summed E-state index contributed by atoms with van der Waals surface area (Å²) in [6, 6.07) is 2.78. The summed E-state index contributed by atoms with van der Waals surface area (Å²) < 4.78 is 29.5. The van der Waals surface area contributed by atoms with Crippen LogP contribution in [0.5, 0.6) is 0 Å². The third-order valence-electron chi connectivity index (χ3n) is 9.56. The molecule has 1 aliphatic carbocycles. The Bertz CT molecular complexity index is 1290. The van der Waals surface area contributed by atoms with Crippen LogP contribution in [0, 0.1) is 25.5 Å². The van der Waals surface area contributed by atoms with Crippen LogP contribution in [0.25, 0.3) is 5.69 Å². The van der Waals surface area contributed by atoms with E-state index in [0.29, 0.717) is 51.9 Å². The van der Waals surface area contributed by atoms with E-state index >= 15 is 0 Å². The number of rotatable bonds is 8. The van der Waals surface area contributed by atoms with Gasteiger partial charge in [0.15, 0.2) is 5.82 Å². The van der Waals surface area contributed by atoms with Crippen molar-refractivity contribution in [2.45, 2.75) is 109 Å². The molecule has 8 nitrogen and oxygen atoms in total. The molecule has 42 heavy (non-hydrogen) atoms. The van der Waals surface area contributed by atoms with Gasteiger partial charge >= 0.3 is 0 Å². The van der Waals surface area contributed by atoms with Crippen molar-refractivity contribution in [2.24, 2.45) is 0 Å². The Kier molecular flexibility index (Phi) is 10.00. The topological polar surface area (TPSA) is 90.7 Å². The first-order valence-corrected chi connectivity index (χ1v) is 15.1. The minimum absolute atomic E-state index is 0. The number of nitrogens with one attached hydrogen (secondary N) is 1. The number of unbranched alkanes of at least 4 members (excludes halogenated alkanes) is 1. The fourth-order valence-electron chi connectivity index (χ4n) is 7.04. The van der Waals surface area contributed by atoms with E-state index in [9.17, 15) is 23.5 Å². The molecule has 1 saturated carbocycles. The van der Waals surface area contributed by atoms with Crippen molar-refractivity contribution in [3.8, 4) is 5.69 Å². The molecule has 0 unspecified atom stereocenters. The van der Waals surface area contributed by atoms with Gasteiger partial charge in [-0.15, -0.1) is 12.4 Å². The first kappa shape index (κ1) is 32.4. The molecule has 1 aromatic heterocycles. The van der Waals surface area contributed by atoms with Crippen molar-refractivity contribution < 1.29 is 23.5 Å². The van der Waals surface area contributed by atoms with Crippen LogP contribution in [-0.4, -0.2) is 73.3 Å². The van der Waals surface area contributed by atoms with Crippen LogP contribution in [0.3, 0.4) is 0 Å². The fraction of sp³-hybridized carbons (Fsp3) is 0.645. The average molecular weight is 608 g/mol. The lowest BCUT2D eigenvalue weighted by Crippen LogP contribution is -2.73. The number of aliphatic hydroxyl groups is 1. The van der Waals surface area contributed by atoms with Gasteiger partial charge in [0.05, 0.1) is 11.3 Å². The summed E-state index contributed by atoms with van der Waals surface area (Å²) in [6.45, 7) is 8.19. The van der Waals surface area contributed by atoms with Crippen molar-refractivity contribution in [1.82, 2.24) is 24.9 Å². The minimum atomic E-state index is -0.896. The van der Waals surface area contributed by atoms with Gasteiger partial charge in [-0.2, -0.15) is 5.10 Å². The van der Waals surface area contributed by atoms with E-state index in [0.717, 1.165) is 55.1 Å². The van der Waals surface area contributed by atoms with Gasteiger partial charge in [0.1, 0.15) is 23.1 Å². The van der Waals surface area contributed by atoms with Crippen molar-refractivity contribution >= 4 is 24.2 Å². The third kappa shape index (κ3) is 6.21. The Balaban J connectivity index is 0.00000405. The standard InChI is InChI=1S/C31H43F2N5O3.ClH/c1-4-5-15-37-28(39)26(19-30(41)11-7-6-8-12-30)34-29(40)31(37)13-16-36(17-14-31)20-24-21(2)35-38(22(24)3)27-10-9-23(32)18-25(27)33;/h9-10,18,26,41H,4-8,11-17,19-20H2,1-3H3,(H,34,40);1H/t26-;/m1./s1. The van der Waals surface area contributed by atoms with Gasteiger partial charge in [-0.1, -0.05) is 32.6 Å². The Hall–Kier alpha value is -2.56. The van der Waals surface area contributed by atoms with E-state index in [4.69, 9.17) is 0 Å².